The molecule has 0 spiro atoms. The summed E-state index contributed by atoms with van der Waals surface area (Å²) in [5, 5.41) is 8.16. The van der Waals surface area contributed by atoms with Gasteiger partial charge in [0.1, 0.15) is 11.6 Å². The van der Waals surface area contributed by atoms with E-state index < -0.39 is 0 Å². The second kappa shape index (κ2) is 3.51. The van der Waals surface area contributed by atoms with E-state index in [1.165, 1.54) is 0 Å². The molecule has 0 saturated heterocycles. The van der Waals surface area contributed by atoms with Crippen molar-refractivity contribution in [3.05, 3.63) is 11.6 Å². The molecule has 0 bridgehead atoms. The number of aryl methyl sites for hydroxylation is 1. The Morgan fingerprint density at radius 1 is 1.55 bits per heavy atom. The lowest BCUT2D eigenvalue weighted by Crippen LogP contribution is -2.01. The van der Waals surface area contributed by atoms with Crippen molar-refractivity contribution in [2.24, 2.45) is 7.05 Å². The van der Waals surface area contributed by atoms with E-state index in [-0.39, 0.29) is 0 Å². The first kappa shape index (κ1) is 8.96. The first-order valence-corrected chi connectivity index (χ1v) is 4.93. The highest BCUT2D eigenvalue weighted by Gasteiger charge is 2.10. The highest BCUT2D eigenvalue weighted by atomic mass is 127. The van der Waals surface area contributed by atoms with Gasteiger partial charge in [0.2, 0.25) is 0 Å². The summed E-state index contributed by atoms with van der Waals surface area (Å²) in [6.07, 6.45) is 0.951. The average Bonchev–Trinajstić information content (AvgIpc) is 2.30. The van der Waals surface area contributed by atoms with Crippen molar-refractivity contribution in [2.45, 2.75) is 24.2 Å². The Bertz CT molecular complexity index is 242. The minimum Gasteiger partial charge on any atom is -0.317 e. The van der Waals surface area contributed by atoms with Gasteiger partial charge in [-0.25, -0.2) is 0 Å². The molecule has 0 N–H and O–H groups in total. The number of aromatic nitrogens is 3. The summed E-state index contributed by atoms with van der Waals surface area (Å²) in [5.74, 6) is 2.12. The summed E-state index contributed by atoms with van der Waals surface area (Å²) in [4.78, 5) is 0. The van der Waals surface area contributed by atoms with Gasteiger partial charge in [-0.2, -0.15) is 0 Å². The lowest BCUT2D eigenvalue weighted by atomic mass is 10.4. The molecule has 1 rings (SSSR count). The van der Waals surface area contributed by atoms with Crippen molar-refractivity contribution in [1.82, 2.24) is 14.8 Å². The molecule has 0 radical (unpaired) electrons. The Balaban J connectivity index is 3.00. The molecule has 1 unspecified atom stereocenters. The third-order valence-electron chi connectivity index (χ3n) is 1.67. The summed E-state index contributed by atoms with van der Waals surface area (Å²) in [6, 6.07) is 0. The van der Waals surface area contributed by atoms with Crippen molar-refractivity contribution >= 4 is 22.6 Å². The maximum absolute atomic E-state index is 4.09. The molecule has 4 heteroatoms. The SMILES string of the molecule is CCc1nnc(C(C)I)n1C. The maximum Gasteiger partial charge on any atom is 0.145 e. The van der Waals surface area contributed by atoms with Crippen molar-refractivity contribution < 1.29 is 0 Å². The molecule has 0 fully saturated rings. The van der Waals surface area contributed by atoms with Crippen molar-refractivity contribution in [1.29, 1.82) is 0 Å². The molecule has 0 saturated carbocycles. The van der Waals surface area contributed by atoms with Crippen LogP contribution in [0.3, 0.4) is 0 Å². The summed E-state index contributed by atoms with van der Waals surface area (Å²) in [5.41, 5.74) is 0. The van der Waals surface area contributed by atoms with Crippen molar-refractivity contribution in [3.63, 3.8) is 0 Å². The normalized spacial score (nSPS) is 13.5. The van der Waals surface area contributed by atoms with Gasteiger partial charge in [-0.3, -0.25) is 0 Å². The Morgan fingerprint density at radius 2 is 2.18 bits per heavy atom. The predicted molar refractivity (Wildman–Crippen MR) is 52.8 cm³/mol. The van der Waals surface area contributed by atoms with Crippen LogP contribution in [0.2, 0.25) is 0 Å². The van der Waals surface area contributed by atoms with Crippen LogP contribution < -0.4 is 0 Å². The fourth-order valence-electron chi connectivity index (χ4n) is 1.03. The Morgan fingerprint density at radius 3 is 2.45 bits per heavy atom. The smallest absolute Gasteiger partial charge is 0.145 e. The lowest BCUT2D eigenvalue weighted by molar-refractivity contribution is 0.761. The van der Waals surface area contributed by atoms with Gasteiger partial charge in [-0.1, -0.05) is 29.5 Å². The second-order valence-corrected chi connectivity index (χ2v) is 4.37. The highest BCUT2D eigenvalue weighted by Crippen LogP contribution is 2.19. The predicted octanol–water partition coefficient (Wildman–Crippen LogP) is 1.87. The average molecular weight is 265 g/mol. The van der Waals surface area contributed by atoms with Crippen LogP contribution in [0.15, 0.2) is 0 Å². The molecular weight excluding hydrogens is 253 g/mol. The first-order chi connectivity index (χ1) is 5.16. The molecule has 3 nitrogen and oxygen atoms in total. The third-order valence-corrected chi connectivity index (χ3v) is 2.23. The van der Waals surface area contributed by atoms with E-state index in [4.69, 9.17) is 0 Å². The number of nitrogens with zero attached hydrogens (tertiary/aromatic N) is 3. The van der Waals surface area contributed by atoms with Crippen LogP contribution in [0.5, 0.6) is 0 Å². The van der Waals surface area contributed by atoms with Gasteiger partial charge < -0.3 is 4.57 Å². The van der Waals surface area contributed by atoms with Crippen LogP contribution in [0.4, 0.5) is 0 Å². The maximum atomic E-state index is 4.09. The second-order valence-electron chi connectivity index (χ2n) is 2.50. The summed E-state index contributed by atoms with van der Waals surface area (Å²) >= 11 is 2.34. The first-order valence-electron chi connectivity index (χ1n) is 3.69. The fourth-order valence-corrected chi connectivity index (χ4v) is 1.57. The van der Waals surface area contributed by atoms with Gasteiger partial charge in [0.25, 0.3) is 0 Å². The lowest BCUT2D eigenvalue weighted by Gasteiger charge is -2.02. The number of halogens is 1. The Labute approximate surface area is 80.3 Å². The number of hydrogen-bond acceptors (Lipinski definition) is 2. The van der Waals surface area contributed by atoms with Crippen LogP contribution in [0, 0.1) is 0 Å². The van der Waals surface area contributed by atoms with E-state index in [2.05, 4.69) is 51.2 Å². The van der Waals surface area contributed by atoms with Crippen LogP contribution in [-0.4, -0.2) is 14.8 Å². The van der Waals surface area contributed by atoms with E-state index in [0.29, 0.717) is 3.92 Å². The molecule has 1 aromatic heterocycles. The van der Waals surface area contributed by atoms with Gasteiger partial charge in [0, 0.05) is 13.5 Å². The molecule has 1 atom stereocenters. The third kappa shape index (κ3) is 1.72. The van der Waals surface area contributed by atoms with Crippen LogP contribution in [0.1, 0.15) is 29.4 Å². The largest absolute Gasteiger partial charge is 0.317 e. The Kier molecular flexibility index (Phi) is 2.86. The number of rotatable bonds is 2. The van der Waals surface area contributed by atoms with Gasteiger partial charge in [-0.05, 0) is 6.92 Å². The van der Waals surface area contributed by atoms with Crippen molar-refractivity contribution in [3.8, 4) is 0 Å². The molecule has 0 aliphatic heterocycles. The van der Waals surface area contributed by atoms with Crippen molar-refractivity contribution in [2.75, 3.05) is 0 Å². The fraction of sp³-hybridized carbons (Fsp3) is 0.714. The standard InChI is InChI=1S/C7H12IN3/c1-4-6-9-10-7(5(2)8)11(6)3/h5H,4H2,1-3H3. The van der Waals surface area contributed by atoms with Gasteiger partial charge in [0.15, 0.2) is 0 Å². The van der Waals surface area contributed by atoms with E-state index in [9.17, 15) is 0 Å². The minimum absolute atomic E-state index is 0.436. The summed E-state index contributed by atoms with van der Waals surface area (Å²) in [7, 11) is 2.02. The molecule has 0 amide bonds. The van der Waals surface area contributed by atoms with E-state index >= 15 is 0 Å². The highest BCUT2D eigenvalue weighted by molar-refractivity contribution is 14.1. The van der Waals surface area contributed by atoms with Gasteiger partial charge in [-0.15, -0.1) is 10.2 Å². The molecule has 0 aromatic carbocycles. The summed E-state index contributed by atoms with van der Waals surface area (Å²) in [6.45, 7) is 4.20. The minimum atomic E-state index is 0.436. The molecule has 1 aromatic rings. The van der Waals surface area contributed by atoms with E-state index in [1.54, 1.807) is 0 Å². The van der Waals surface area contributed by atoms with Crippen LogP contribution >= 0.6 is 22.6 Å². The van der Waals surface area contributed by atoms with E-state index in [0.717, 1.165) is 18.1 Å². The van der Waals surface area contributed by atoms with Crippen LogP contribution in [-0.2, 0) is 13.5 Å². The Hall–Kier alpha value is -0.130. The van der Waals surface area contributed by atoms with Gasteiger partial charge in [0.05, 0.1) is 3.92 Å². The molecule has 0 aliphatic carbocycles. The molecular formula is C7H12IN3. The number of hydrogen-bond donors (Lipinski definition) is 0. The molecule has 62 valence electrons. The van der Waals surface area contributed by atoms with Gasteiger partial charge >= 0.3 is 0 Å². The van der Waals surface area contributed by atoms with Crippen LogP contribution in [0.25, 0.3) is 0 Å². The quantitative estimate of drug-likeness (QED) is 0.603. The topological polar surface area (TPSA) is 30.7 Å². The zero-order chi connectivity index (χ0) is 8.43. The molecule has 11 heavy (non-hydrogen) atoms. The zero-order valence-electron chi connectivity index (χ0n) is 7.00. The van der Waals surface area contributed by atoms with E-state index in [1.807, 2.05) is 7.05 Å². The number of alkyl halides is 1. The molecule has 0 aliphatic rings. The zero-order valence-corrected chi connectivity index (χ0v) is 9.16. The monoisotopic (exact) mass is 265 g/mol. The summed E-state index contributed by atoms with van der Waals surface area (Å²) < 4.78 is 2.50. The molecule has 1 heterocycles.